The summed E-state index contributed by atoms with van der Waals surface area (Å²) in [5, 5.41) is 0. The lowest BCUT2D eigenvalue weighted by Crippen LogP contribution is -2.10. The number of nitrogens with zero attached hydrogens (tertiary/aromatic N) is 1. The molecule has 0 saturated heterocycles. The Morgan fingerprint density at radius 1 is 1.31 bits per heavy atom. The van der Waals surface area contributed by atoms with Gasteiger partial charge in [-0.2, -0.15) is 0 Å². The maximum atomic E-state index is 2.46. The molecule has 1 aliphatic rings. The molecule has 0 aromatic carbocycles. The molecule has 0 bridgehead atoms. The third-order valence-electron chi connectivity index (χ3n) is 2.84. The van der Waals surface area contributed by atoms with Crippen LogP contribution in [0.3, 0.4) is 0 Å². The summed E-state index contributed by atoms with van der Waals surface area (Å²) < 4.78 is 2.46. The van der Waals surface area contributed by atoms with Gasteiger partial charge in [0.25, 0.3) is 0 Å². The highest BCUT2D eigenvalue weighted by atomic mass is 15.0. The molecule has 72 valence electrons. The van der Waals surface area contributed by atoms with E-state index < -0.39 is 0 Å². The van der Waals surface area contributed by atoms with Crippen molar-refractivity contribution in [2.24, 2.45) is 5.92 Å². The van der Waals surface area contributed by atoms with Crippen LogP contribution in [0.5, 0.6) is 0 Å². The van der Waals surface area contributed by atoms with Gasteiger partial charge in [0.05, 0.1) is 0 Å². The van der Waals surface area contributed by atoms with Crippen LogP contribution < -0.4 is 0 Å². The van der Waals surface area contributed by atoms with Gasteiger partial charge in [0, 0.05) is 18.4 Å². The molecular weight excluding hydrogens is 158 g/mol. The zero-order valence-corrected chi connectivity index (χ0v) is 8.71. The van der Waals surface area contributed by atoms with Gasteiger partial charge in [0.1, 0.15) is 0 Å². The number of hydrogen-bond acceptors (Lipinski definition) is 0. The van der Waals surface area contributed by atoms with Gasteiger partial charge in [-0.3, -0.25) is 0 Å². The summed E-state index contributed by atoms with van der Waals surface area (Å²) in [5.74, 6) is 0.762. The predicted octanol–water partition coefficient (Wildman–Crippen LogP) is 3.02. The Morgan fingerprint density at radius 2 is 2.08 bits per heavy atom. The number of aromatic nitrogens is 1. The molecule has 0 amide bonds. The third-order valence-corrected chi connectivity index (χ3v) is 2.84. The highest BCUT2D eigenvalue weighted by molar-refractivity contribution is 5.24. The van der Waals surface area contributed by atoms with E-state index in [4.69, 9.17) is 0 Å². The molecule has 1 heterocycles. The maximum Gasteiger partial charge on any atom is 0.0245 e. The van der Waals surface area contributed by atoms with Crippen LogP contribution in [0.4, 0.5) is 0 Å². The Hall–Kier alpha value is -0.720. The van der Waals surface area contributed by atoms with Crippen molar-refractivity contribution in [3.05, 3.63) is 23.5 Å². The summed E-state index contributed by atoms with van der Waals surface area (Å²) in [6, 6.07) is 2.32. The number of aryl methyl sites for hydroxylation is 1. The first-order chi connectivity index (χ1) is 6.27. The second-order valence-electron chi connectivity index (χ2n) is 4.54. The van der Waals surface area contributed by atoms with Crippen LogP contribution in [0.2, 0.25) is 0 Å². The molecule has 0 N–H and O–H groups in total. The van der Waals surface area contributed by atoms with Gasteiger partial charge in [-0.05, 0) is 43.2 Å². The molecule has 1 aromatic rings. The van der Waals surface area contributed by atoms with Crippen molar-refractivity contribution in [1.29, 1.82) is 0 Å². The Balaban J connectivity index is 2.21. The Labute approximate surface area is 80.8 Å². The normalized spacial score (nSPS) is 16.2. The van der Waals surface area contributed by atoms with Crippen LogP contribution in [-0.4, -0.2) is 4.57 Å². The van der Waals surface area contributed by atoms with Crippen LogP contribution in [0.1, 0.15) is 37.9 Å². The average Bonchev–Trinajstić information content (AvgIpc) is 2.48. The van der Waals surface area contributed by atoms with Crippen LogP contribution in [0, 0.1) is 5.92 Å². The van der Waals surface area contributed by atoms with E-state index in [2.05, 4.69) is 30.7 Å². The largest absolute Gasteiger partial charge is 0.351 e. The lowest BCUT2D eigenvalue weighted by molar-refractivity contribution is 0.500. The van der Waals surface area contributed by atoms with Gasteiger partial charge < -0.3 is 4.57 Å². The topological polar surface area (TPSA) is 4.93 Å². The third kappa shape index (κ3) is 1.79. The SMILES string of the molecule is CC(C)Cn1ccc2c1CCCC2. The molecule has 0 spiro atoms. The van der Waals surface area contributed by atoms with E-state index in [1.54, 1.807) is 11.3 Å². The van der Waals surface area contributed by atoms with Crippen molar-refractivity contribution in [3.8, 4) is 0 Å². The first-order valence-corrected chi connectivity index (χ1v) is 5.44. The molecule has 0 atom stereocenters. The molecular formula is C12H19N. The van der Waals surface area contributed by atoms with E-state index in [9.17, 15) is 0 Å². The highest BCUT2D eigenvalue weighted by Gasteiger charge is 2.13. The van der Waals surface area contributed by atoms with Crippen molar-refractivity contribution >= 4 is 0 Å². The summed E-state index contributed by atoms with van der Waals surface area (Å²) in [6.45, 7) is 5.76. The smallest absolute Gasteiger partial charge is 0.0245 e. The maximum absolute atomic E-state index is 2.46. The fourth-order valence-corrected chi connectivity index (χ4v) is 2.25. The molecule has 0 radical (unpaired) electrons. The van der Waals surface area contributed by atoms with Gasteiger partial charge in [-0.1, -0.05) is 13.8 Å². The van der Waals surface area contributed by atoms with Crippen molar-refractivity contribution in [2.45, 2.75) is 46.1 Å². The first kappa shape index (κ1) is 8.86. The van der Waals surface area contributed by atoms with Crippen LogP contribution in [-0.2, 0) is 19.4 Å². The van der Waals surface area contributed by atoms with Gasteiger partial charge in [0.2, 0.25) is 0 Å². The minimum atomic E-state index is 0.762. The molecule has 1 aliphatic carbocycles. The average molecular weight is 177 g/mol. The van der Waals surface area contributed by atoms with Crippen LogP contribution >= 0.6 is 0 Å². The molecule has 0 aliphatic heterocycles. The fraction of sp³-hybridized carbons (Fsp3) is 0.667. The number of rotatable bonds is 2. The Morgan fingerprint density at radius 3 is 2.85 bits per heavy atom. The van der Waals surface area contributed by atoms with E-state index in [0.29, 0.717) is 0 Å². The van der Waals surface area contributed by atoms with Crippen molar-refractivity contribution in [3.63, 3.8) is 0 Å². The highest BCUT2D eigenvalue weighted by Crippen LogP contribution is 2.22. The van der Waals surface area contributed by atoms with Gasteiger partial charge in [0.15, 0.2) is 0 Å². The lowest BCUT2D eigenvalue weighted by atomic mass is 9.98. The van der Waals surface area contributed by atoms with E-state index in [1.807, 2.05) is 0 Å². The van der Waals surface area contributed by atoms with E-state index >= 15 is 0 Å². The van der Waals surface area contributed by atoms with E-state index in [-0.39, 0.29) is 0 Å². The minimum Gasteiger partial charge on any atom is -0.351 e. The number of fused-ring (bicyclic) bond motifs is 1. The van der Waals surface area contributed by atoms with Crippen LogP contribution in [0.15, 0.2) is 12.3 Å². The summed E-state index contributed by atoms with van der Waals surface area (Å²) in [4.78, 5) is 0. The fourth-order valence-electron chi connectivity index (χ4n) is 2.25. The summed E-state index contributed by atoms with van der Waals surface area (Å²) in [7, 11) is 0. The van der Waals surface area contributed by atoms with Gasteiger partial charge >= 0.3 is 0 Å². The summed E-state index contributed by atoms with van der Waals surface area (Å²) in [6.07, 6.45) is 7.65. The molecule has 0 unspecified atom stereocenters. The quantitative estimate of drug-likeness (QED) is 0.654. The number of hydrogen-bond donors (Lipinski definition) is 0. The second kappa shape index (κ2) is 3.57. The van der Waals surface area contributed by atoms with Crippen molar-refractivity contribution in [2.75, 3.05) is 0 Å². The first-order valence-electron chi connectivity index (χ1n) is 5.44. The van der Waals surface area contributed by atoms with E-state index in [1.165, 1.54) is 32.2 Å². The van der Waals surface area contributed by atoms with Gasteiger partial charge in [-0.25, -0.2) is 0 Å². The summed E-state index contributed by atoms with van der Waals surface area (Å²) in [5.41, 5.74) is 3.21. The zero-order valence-electron chi connectivity index (χ0n) is 8.71. The molecule has 1 nitrogen and oxygen atoms in total. The molecule has 2 rings (SSSR count). The van der Waals surface area contributed by atoms with Crippen molar-refractivity contribution < 1.29 is 0 Å². The Kier molecular flexibility index (Phi) is 2.43. The lowest BCUT2D eigenvalue weighted by Gasteiger charge is -2.16. The molecule has 0 saturated carbocycles. The van der Waals surface area contributed by atoms with Gasteiger partial charge in [-0.15, -0.1) is 0 Å². The molecule has 0 fully saturated rings. The molecule has 1 heteroatoms. The van der Waals surface area contributed by atoms with Crippen molar-refractivity contribution in [1.82, 2.24) is 4.57 Å². The summed E-state index contributed by atoms with van der Waals surface area (Å²) >= 11 is 0. The van der Waals surface area contributed by atoms with E-state index in [0.717, 1.165) is 5.92 Å². The predicted molar refractivity (Wildman–Crippen MR) is 55.9 cm³/mol. The standard InChI is InChI=1S/C12H19N/c1-10(2)9-13-8-7-11-5-3-4-6-12(11)13/h7-8,10H,3-6,9H2,1-2H3. The molecule has 13 heavy (non-hydrogen) atoms. The van der Waals surface area contributed by atoms with Crippen LogP contribution in [0.25, 0.3) is 0 Å². The Bertz CT molecular complexity index is 283. The molecule has 1 aromatic heterocycles. The monoisotopic (exact) mass is 177 g/mol. The second-order valence-corrected chi connectivity index (χ2v) is 4.54. The minimum absolute atomic E-state index is 0.762. The zero-order chi connectivity index (χ0) is 9.26.